The first-order valence-electron chi connectivity index (χ1n) is 11.4. The zero-order chi connectivity index (χ0) is 24.1. The Morgan fingerprint density at radius 3 is 2.03 bits per heavy atom. The average molecular weight is 485 g/mol. The molecule has 0 spiro atoms. The minimum Gasteiger partial charge on any atom is -0.355 e. The van der Waals surface area contributed by atoms with Crippen LogP contribution in [0.4, 0.5) is 0 Å². The number of hydrogen-bond acceptors (Lipinski definition) is 6. The predicted molar refractivity (Wildman–Crippen MR) is 126 cm³/mol. The Hall–Kier alpha value is -3.08. The molecule has 0 atom stereocenters. The number of rotatable bonds is 9. The number of nitrogens with one attached hydrogen (secondary N) is 1. The second-order valence-electron chi connectivity index (χ2n) is 8.32. The fourth-order valence-corrected chi connectivity index (χ4v) is 5.66. The molecular formula is C24H28N4O5S. The number of nitrogens with zero attached hydrogens (tertiary/aromatic N) is 3. The van der Waals surface area contributed by atoms with Gasteiger partial charge in [0.05, 0.1) is 16.0 Å². The molecule has 9 nitrogen and oxygen atoms in total. The van der Waals surface area contributed by atoms with E-state index in [-0.39, 0.29) is 30.7 Å². The van der Waals surface area contributed by atoms with Crippen molar-refractivity contribution >= 4 is 27.7 Å². The Morgan fingerprint density at radius 1 is 0.824 bits per heavy atom. The van der Waals surface area contributed by atoms with E-state index in [2.05, 4.69) is 10.2 Å². The number of fused-ring (bicyclic) bond motifs is 1. The normalized spacial score (nSPS) is 17.1. The molecule has 2 aliphatic heterocycles. The van der Waals surface area contributed by atoms with Crippen molar-refractivity contribution in [3.63, 3.8) is 0 Å². The molecule has 0 bridgehead atoms. The van der Waals surface area contributed by atoms with Gasteiger partial charge in [0.25, 0.3) is 11.8 Å². The molecule has 10 heteroatoms. The Kier molecular flexibility index (Phi) is 7.40. The second-order valence-corrected chi connectivity index (χ2v) is 10.3. The van der Waals surface area contributed by atoms with E-state index in [0.717, 1.165) is 0 Å². The van der Waals surface area contributed by atoms with Crippen LogP contribution in [0, 0.1) is 0 Å². The second kappa shape index (κ2) is 10.5. The highest BCUT2D eigenvalue weighted by Crippen LogP contribution is 2.22. The first-order valence-corrected chi connectivity index (χ1v) is 12.8. The summed E-state index contributed by atoms with van der Waals surface area (Å²) in [6, 6.07) is 15.1. The van der Waals surface area contributed by atoms with Gasteiger partial charge in [-0.15, -0.1) is 0 Å². The quantitative estimate of drug-likeness (QED) is 0.536. The Bertz CT molecular complexity index is 1130. The third-order valence-corrected chi connectivity index (χ3v) is 8.04. The van der Waals surface area contributed by atoms with Crippen LogP contribution in [0.3, 0.4) is 0 Å². The number of carbonyl (C=O) groups is 3. The third kappa shape index (κ3) is 5.19. The number of amides is 3. The minimum absolute atomic E-state index is 0.137. The summed E-state index contributed by atoms with van der Waals surface area (Å²) in [5.41, 5.74) is 0.822. The summed E-state index contributed by atoms with van der Waals surface area (Å²) in [5.74, 6) is -0.759. The van der Waals surface area contributed by atoms with E-state index >= 15 is 0 Å². The van der Waals surface area contributed by atoms with Gasteiger partial charge in [-0.1, -0.05) is 30.3 Å². The van der Waals surface area contributed by atoms with Crippen LogP contribution in [0.25, 0.3) is 0 Å². The van der Waals surface area contributed by atoms with Crippen LogP contribution in [0.2, 0.25) is 0 Å². The molecule has 2 heterocycles. The van der Waals surface area contributed by atoms with E-state index in [1.54, 1.807) is 54.6 Å². The van der Waals surface area contributed by atoms with Gasteiger partial charge in [0.1, 0.15) is 0 Å². The highest BCUT2D eigenvalue weighted by Gasteiger charge is 2.34. The van der Waals surface area contributed by atoms with Crippen molar-refractivity contribution in [2.45, 2.75) is 17.7 Å². The van der Waals surface area contributed by atoms with Crippen LogP contribution in [0.1, 0.15) is 33.6 Å². The van der Waals surface area contributed by atoms with Crippen LogP contribution in [0.5, 0.6) is 0 Å². The highest BCUT2D eigenvalue weighted by atomic mass is 32.2. The van der Waals surface area contributed by atoms with E-state index < -0.39 is 10.0 Å². The fourth-order valence-electron chi connectivity index (χ4n) is 4.22. The monoisotopic (exact) mass is 484 g/mol. The molecule has 2 aliphatic rings. The lowest BCUT2D eigenvalue weighted by Gasteiger charge is -2.33. The zero-order valence-electron chi connectivity index (χ0n) is 18.9. The van der Waals surface area contributed by atoms with Gasteiger partial charge in [-0.05, 0) is 30.7 Å². The summed E-state index contributed by atoms with van der Waals surface area (Å²) in [5, 5.41) is 2.86. The largest absolute Gasteiger partial charge is 0.355 e. The molecule has 1 fully saturated rings. The Labute approximate surface area is 199 Å². The highest BCUT2D eigenvalue weighted by molar-refractivity contribution is 7.89. The first kappa shape index (κ1) is 24.1. The topological polar surface area (TPSA) is 107 Å². The minimum atomic E-state index is -3.48. The number of carbonyl (C=O) groups excluding carboxylic acids is 3. The van der Waals surface area contributed by atoms with Gasteiger partial charge in [0.2, 0.25) is 15.9 Å². The molecule has 0 aliphatic carbocycles. The number of piperazine rings is 1. The van der Waals surface area contributed by atoms with Crippen LogP contribution in [-0.4, -0.2) is 86.1 Å². The van der Waals surface area contributed by atoms with Crippen molar-refractivity contribution in [1.29, 1.82) is 0 Å². The predicted octanol–water partition coefficient (Wildman–Crippen LogP) is 1.19. The maximum absolute atomic E-state index is 12.7. The van der Waals surface area contributed by atoms with Gasteiger partial charge in [-0.25, -0.2) is 8.42 Å². The number of imide groups is 1. The molecular weight excluding hydrogens is 456 g/mol. The van der Waals surface area contributed by atoms with Crippen LogP contribution in [-0.2, 0) is 14.8 Å². The van der Waals surface area contributed by atoms with Crippen LogP contribution >= 0.6 is 0 Å². The molecule has 34 heavy (non-hydrogen) atoms. The number of sulfonamides is 1. The van der Waals surface area contributed by atoms with Crippen LogP contribution < -0.4 is 5.32 Å². The molecule has 4 rings (SSSR count). The van der Waals surface area contributed by atoms with Crippen molar-refractivity contribution in [3.05, 3.63) is 65.7 Å². The van der Waals surface area contributed by atoms with Gasteiger partial charge >= 0.3 is 0 Å². The Balaban J connectivity index is 1.13. The lowest BCUT2D eigenvalue weighted by atomic mass is 10.1. The van der Waals surface area contributed by atoms with Gasteiger partial charge in [-0.3, -0.25) is 24.2 Å². The van der Waals surface area contributed by atoms with Gasteiger partial charge < -0.3 is 5.32 Å². The fraction of sp³-hybridized carbons (Fsp3) is 0.375. The SMILES string of the molecule is O=C(CCCN1C(=O)c2ccccc2C1=O)NCCN1CCN(S(=O)(=O)c2ccccc2)CC1. The first-order chi connectivity index (χ1) is 16.4. The summed E-state index contributed by atoms with van der Waals surface area (Å²) >= 11 is 0. The molecule has 180 valence electrons. The molecule has 0 aromatic heterocycles. The van der Waals surface area contributed by atoms with Gasteiger partial charge in [0.15, 0.2) is 0 Å². The molecule has 1 saturated heterocycles. The molecule has 0 unspecified atom stereocenters. The molecule has 0 saturated carbocycles. The van der Waals surface area contributed by atoms with E-state index in [4.69, 9.17) is 0 Å². The summed E-state index contributed by atoms with van der Waals surface area (Å²) in [6.07, 6.45) is 0.615. The van der Waals surface area contributed by atoms with Gasteiger partial charge in [-0.2, -0.15) is 4.31 Å². The van der Waals surface area contributed by atoms with E-state index in [1.165, 1.54) is 9.21 Å². The van der Waals surface area contributed by atoms with Gasteiger partial charge in [0, 0.05) is 52.2 Å². The van der Waals surface area contributed by atoms with Crippen molar-refractivity contribution in [2.24, 2.45) is 0 Å². The standard InChI is InChI=1S/C24H28N4O5S/c29-22(11-6-13-28-23(30)20-9-4-5-10-21(20)24(28)31)25-12-14-26-15-17-27(18-16-26)34(32,33)19-7-2-1-3-8-19/h1-5,7-10H,6,11-18H2,(H,25,29). The lowest BCUT2D eigenvalue weighted by Crippen LogP contribution is -2.50. The molecule has 2 aromatic rings. The molecule has 3 amide bonds. The summed E-state index contributed by atoms with van der Waals surface area (Å²) in [6.45, 7) is 3.30. The summed E-state index contributed by atoms with van der Waals surface area (Å²) in [7, 11) is -3.48. The summed E-state index contributed by atoms with van der Waals surface area (Å²) in [4.78, 5) is 40.5. The van der Waals surface area contributed by atoms with Crippen LogP contribution in [0.15, 0.2) is 59.5 Å². The lowest BCUT2D eigenvalue weighted by molar-refractivity contribution is -0.121. The van der Waals surface area contributed by atoms with Crippen molar-refractivity contribution in [1.82, 2.24) is 19.4 Å². The van der Waals surface area contributed by atoms with E-state index in [9.17, 15) is 22.8 Å². The van der Waals surface area contributed by atoms with Crippen molar-refractivity contribution < 1.29 is 22.8 Å². The Morgan fingerprint density at radius 2 is 1.41 bits per heavy atom. The number of benzene rings is 2. The maximum atomic E-state index is 12.7. The average Bonchev–Trinajstić information content (AvgIpc) is 3.10. The summed E-state index contributed by atoms with van der Waals surface area (Å²) < 4.78 is 26.9. The van der Waals surface area contributed by atoms with E-state index in [0.29, 0.717) is 61.7 Å². The molecule has 0 radical (unpaired) electrons. The maximum Gasteiger partial charge on any atom is 0.261 e. The zero-order valence-corrected chi connectivity index (χ0v) is 19.7. The van der Waals surface area contributed by atoms with Crippen molar-refractivity contribution in [2.75, 3.05) is 45.8 Å². The smallest absolute Gasteiger partial charge is 0.261 e. The van der Waals surface area contributed by atoms with E-state index in [1.807, 2.05) is 0 Å². The molecule has 2 aromatic carbocycles. The number of hydrogen-bond donors (Lipinski definition) is 1. The third-order valence-electron chi connectivity index (χ3n) is 6.13. The molecule has 1 N–H and O–H groups in total. The van der Waals surface area contributed by atoms with Crippen molar-refractivity contribution in [3.8, 4) is 0 Å².